The van der Waals surface area contributed by atoms with Crippen molar-refractivity contribution in [2.45, 2.75) is 5.88 Å². The van der Waals surface area contributed by atoms with Crippen LogP contribution in [0.2, 0.25) is 0 Å². The number of rotatable bonds is 2. The number of aromatic nitrogens is 2. The zero-order valence-electron chi connectivity index (χ0n) is 8.83. The van der Waals surface area contributed by atoms with Gasteiger partial charge in [-0.25, -0.2) is 17.9 Å². The van der Waals surface area contributed by atoms with Crippen molar-refractivity contribution in [3.63, 3.8) is 0 Å². The van der Waals surface area contributed by atoms with E-state index in [0.717, 1.165) is 22.9 Å². The Kier molecular flexibility index (Phi) is 3.38. The molecule has 0 aliphatic carbocycles. The van der Waals surface area contributed by atoms with Crippen LogP contribution in [0.15, 0.2) is 29.2 Å². The van der Waals surface area contributed by atoms with Crippen LogP contribution in [-0.4, -0.2) is 9.78 Å². The summed E-state index contributed by atoms with van der Waals surface area (Å²) in [6, 6.07) is 2.70. The third kappa shape index (κ3) is 2.24. The Bertz CT molecular complexity index is 634. The van der Waals surface area contributed by atoms with Crippen LogP contribution in [0.25, 0.3) is 5.69 Å². The molecule has 0 aliphatic heterocycles. The van der Waals surface area contributed by atoms with Crippen molar-refractivity contribution in [2.75, 3.05) is 0 Å². The maximum atomic E-state index is 13.0. The van der Waals surface area contributed by atoms with Gasteiger partial charge in [0, 0.05) is 24.4 Å². The molecule has 3 nitrogen and oxygen atoms in total. The molecule has 0 fully saturated rings. The van der Waals surface area contributed by atoms with Gasteiger partial charge in [-0.15, -0.1) is 11.6 Å². The molecule has 0 amide bonds. The first-order valence-electron chi connectivity index (χ1n) is 4.82. The standard InChI is InChI=1S/C11H6ClF3N2O/c12-5-9-10(18)1-2-17(16-9)6-3-7(13)11(15)8(14)4-6/h1-4H,5H2. The number of alkyl halides is 1. The van der Waals surface area contributed by atoms with Gasteiger partial charge >= 0.3 is 0 Å². The summed E-state index contributed by atoms with van der Waals surface area (Å²) in [7, 11) is 0. The first kappa shape index (κ1) is 12.6. The number of halogens is 4. The fourth-order valence-corrected chi connectivity index (χ4v) is 1.54. The topological polar surface area (TPSA) is 34.9 Å². The van der Waals surface area contributed by atoms with Crippen LogP contribution in [0.3, 0.4) is 0 Å². The van der Waals surface area contributed by atoms with E-state index in [-0.39, 0.29) is 22.7 Å². The lowest BCUT2D eigenvalue weighted by Crippen LogP contribution is -2.15. The maximum absolute atomic E-state index is 13.0. The molecule has 0 unspecified atom stereocenters. The number of hydrogen-bond acceptors (Lipinski definition) is 2. The molecular formula is C11H6ClF3N2O. The van der Waals surface area contributed by atoms with E-state index in [4.69, 9.17) is 11.6 Å². The molecule has 94 valence electrons. The van der Waals surface area contributed by atoms with E-state index in [1.54, 1.807) is 0 Å². The highest BCUT2D eigenvalue weighted by atomic mass is 35.5. The van der Waals surface area contributed by atoms with Crippen molar-refractivity contribution in [3.05, 3.63) is 57.8 Å². The summed E-state index contributed by atoms with van der Waals surface area (Å²) in [5, 5.41) is 3.79. The summed E-state index contributed by atoms with van der Waals surface area (Å²) in [6.07, 6.45) is 1.21. The van der Waals surface area contributed by atoms with Crippen molar-refractivity contribution in [1.29, 1.82) is 0 Å². The van der Waals surface area contributed by atoms with Crippen molar-refractivity contribution in [2.24, 2.45) is 0 Å². The molecule has 1 aromatic heterocycles. The minimum Gasteiger partial charge on any atom is -0.288 e. The molecule has 2 rings (SSSR count). The van der Waals surface area contributed by atoms with E-state index in [9.17, 15) is 18.0 Å². The second kappa shape index (κ2) is 4.81. The average molecular weight is 275 g/mol. The van der Waals surface area contributed by atoms with Gasteiger partial charge < -0.3 is 0 Å². The predicted octanol–water partition coefficient (Wildman–Crippen LogP) is 2.39. The Morgan fingerprint density at radius 2 is 1.83 bits per heavy atom. The summed E-state index contributed by atoms with van der Waals surface area (Å²) in [4.78, 5) is 11.3. The zero-order chi connectivity index (χ0) is 13.3. The molecule has 0 aliphatic rings. The van der Waals surface area contributed by atoms with Crippen molar-refractivity contribution >= 4 is 11.6 Å². The lowest BCUT2D eigenvalue weighted by molar-refractivity contribution is 0.445. The molecule has 0 bridgehead atoms. The Morgan fingerprint density at radius 3 is 2.39 bits per heavy atom. The largest absolute Gasteiger partial charge is 0.288 e. The number of benzene rings is 1. The van der Waals surface area contributed by atoms with Crippen molar-refractivity contribution in [3.8, 4) is 5.69 Å². The van der Waals surface area contributed by atoms with E-state index < -0.39 is 17.5 Å². The van der Waals surface area contributed by atoms with Gasteiger partial charge in [0.1, 0.15) is 5.69 Å². The normalized spacial score (nSPS) is 10.7. The summed E-state index contributed by atoms with van der Waals surface area (Å²) >= 11 is 5.50. The summed E-state index contributed by atoms with van der Waals surface area (Å²) in [5.41, 5.74) is -0.397. The van der Waals surface area contributed by atoms with Gasteiger partial charge in [0.25, 0.3) is 0 Å². The highest BCUT2D eigenvalue weighted by molar-refractivity contribution is 6.16. The van der Waals surface area contributed by atoms with Crippen molar-refractivity contribution in [1.82, 2.24) is 9.78 Å². The molecule has 0 radical (unpaired) electrons. The second-order valence-corrected chi connectivity index (χ2v) is 3.70. The monoisotopic (exact) mass is 274 g/mol. The highest BCUT2D eigenvalue weighted by Crippen LogP contribution is 2.15. The fourth-order valence-electron chi connectivity index (χ4n) is 1.36. The van der Waals surface area contributed by atoms with Gasteiger partial charge in [-0.1, -0.05) is 0 Å². The minimum absolute atomic E-state index is 0.0318. The van der Waals surface area contributed by atoms with Crippen LogP contribution in [0.1, 0.15) is 5.69 Å². The van der Waals surface area contributed by atoms with Gasteiger partial charge in [0.2, 0.25) is 5.43 Å². The highest BCUT2D eigenvalue weighted by Gasteiger charge is 2.12. The molecule has 18 heavy (non-hydrogen) atoms. The lowest BCUT2D eigenvalue weighted by atomic mass is 10.3. The molecule has 2 aromatic rings. The molecule has 1 aromatic carbocycles. The Labute approximate surface area is 104 Å². The smallest absolute Gasteiger partial charge is 0.204 e. The van der Waals surface area contributed by atoms with Crippen LogP contribution in [0.5, 0.6) is 0 Å². The maximum Gasteiger partial charge on any atom is 0.204 e. The first-order chi connectivity index (χ1) is 8.52. The van der Waals surface area contributed by atoms with E-state index in [0.29, 0.717) is 0 Å². The first-order valence-corrected chi connectivity index (χ1v) is 5.36. The Hall–Kier alpha value is -1.82. The van der Waals surface area contributed by atoms with Crippen LogP contribution < -0.4 is 5.43 Å². The fraction of sp³-hybridized carbons (Fsp3) is 0.0909. The van der Waals surface area contributed by atoms with E-state index in [1.807, 2.05) is 0 Å². The quantitative estimate of drug-likeness (QED) is 0.622. The predicted molar refractivity (Wildman–Crippen MR) is 59.3 cm³/mol. The minimum atomic E-state index is -1.56. The third-order valence-corrected chi connectivity index (χ3v) is 2.49. The van der Waals surface area contributed by atoms with Crippen LogP contribution in [0.4, 0.5) is 13.2 Å². The molecule has 0 N–H and O–H groups in total. The lowest BCUT2D eigenvalue weighted by Gasteiger charge is -2.07. The summed E-state index contributed by atoms with van der Waals surface area (Å²) in [5.74, 6) is -4.36. The molecule has 0 atom stereocenters. The van der Waals surface area contributed by atoms with Gasteiger partial charge in [-0.05, 0) is 0 Å². The average Bonchev–Trinajstić information content (AvgIpc) is 2.36. The molecule has 0 saturated carbocycles. The second-order valence-electron chi connectivity index (χ2n) is 3.43. The van der Waals surface area contributed by atoms with Crippen LogP contribution in [-0.2, 0) is 5.88 Å². The molecule has 7 heteroatoms. The SMILES string of the molecule is O=c1ccn(-c2cc(F)c(F)c(F)c2)nc1CCl. The zero-order valence-corrected chi connectivity index (χ0v) is 9.59. The van der Waals surface area contributed by atoms with Crippen molar-refractivity contribution < 1.29 is 13.2 Å². The Morgan fingerprint density at radius 1 is 1.22 bits per heavy atom. The van der Waals surface area contributed by atoms with Gasteiger partial charge in [-0.2, -0.15) is 5.10 Å². The van der Waals surface area contributed by atoms with Gasteiger partial charge in [0.15, 0.2) is 17.5 Å². The summed E-state index contributed by atoms with van der Waals surface area (Å²) in [6.45, 7) is 0. The molecule has 0 saturated heterocycles. The number of hydrogen-bond donors (Lipinski definition) is 0. The summed E-state index contributed by atoms with van der Waals surface area (Å²) < 4.78 is 39.9. The molecular weight excluding hydrogens is 269 g/mol. The Balaban J connectivity index is 2.59. The van der Waals surface area contributed by atoms with E-state index in [2.05, 4.69) is 5.10 Å². The third-order valence-electron chi connectivity index (χ3n) is 2.24. The molecule has 0 spiro atoms. The van der Waals surface area contributed by atoms with Crippen LogP contribution >= 0.6 is 11.6 Å². The number of nitrogens with zero attached hydrogens (tertiary/aromatic N) is 2. The van der Waals surface area contributed by atoms with E-state index >= 15 is 0 Å². The molecule has 1 heterocycles. The van der Waals surface area contributed by atoms with Gasteiger partial charge in [-0.3, -0.25) is 4.79 Å². The van der Waals surface area contributed by atoms with Crippen LogP contribution in [0, 0.1) is 17.5 Å². The van der Waals surface area contributed by atoms with Gasteiger partial charge in [0.05, 0.1) is 11.6 Å². The van der Waals surface area contributed by atoms with E-state index in [1.165, 1.54) is 6.20 Å².